The fraction of sp³-hybridized carbons (Fsp3) is 0.948. The highest BCUT2D eigenvalue weighted by Crippen LogP contribution is 2.42. The zero-order valence-corrected chi connectivity index (χ0v) is 72.1. The van der Waals surface area contributed by atoms with Crippen LogP contribution >= 0.6 is 0 Å². The number of hydrogen-bond acceptors (Lipinski definition) is 57. The molecule has 134 heavy (non-hydrogen) atoms. The number of ether oxygens (including phenoxy) is 14. The Balaban J connectivity index is 0.000000205. The minimum Gasteiger partial charge on any atom is -0.396 e. The first kappa shape index (κ1) is 115. The number of nitrogens with two attached hydrogens (primary N) is 2. The van der Waals surface area contributed by atoms with Crippen LogP contribution < -0.4 is 16.8 Å². The second-order valence-electron chi connectivity index (χ2n) is 35.3. The summed E-state index contributed by atoms with van der Waals surface area (Å²) in [7, 11) is 0. The molecule has 57 heteroatoms. The van der Waals surface area contributed by atoms with Crippen LogP contribution in [-0.2, 0) is 66.3 Å². The van der Waals surface area contributed by atoms with Crippen molar-refractivity contribution >= 4 is 0 Å². The summed E-state index contributed by atoms with van der Waals surface area (Å²) in [5, 5.41) is 404. The lowest BCUT2D eigenvalue weighted by Gasteiger charge is -2.48. The van der Waals surface area contributed by atoms with Crippen LogP contribution in [0.5, 0.6) is 0 Å². The third-order valence-electron chi connectivity index (χ3n) is 26.5. The van der Waals surface area contributed by atoms with E-state index in [0.29, 0.717) is 0 Å². The van der Waals surface area contributed by atoms with Crippen molar-refractivity contribution in [1.82, 2.24) is 5.32 Å². The van der Waals surface area contributed by atoms with Crippen molar-refractivity contribution in [2.75, 3.05) is 66.1 Å². The Hall–Kier alpha value is -2.80. The lowest BCUT2D eigenvalue weighted by atomic mass is 9.75. The summed E-state index contributed by atoms with van der Waals surface area (Å²) in [6.45, 7) is -3.37. The molecule has 0 bridgehead atoms. The number of hydrogen-bond donors (Lipinski definition) is 43. The zero-order chi connectivity index (χ0) is 99.9. The minimum absolute atomic E-state index is 0.0129. The second-order valence-corrected chi connectivity index (χ2v) is 35.3. The van der Waals surface area contributed by atoms with E-state index in [1.54, 1.807) is 0 Å². The summed E-state index contributed by atoms with van der Waals surface area (Å²) in [6.07, 6.45) is -74.0. The van der Waals surface area contributed by atoms with Crippen molar-refractivity contribution in [3.8, 4) is 0 Å². The maximum atomic E-state index is 11.0. The van der Waals surface area contributed by atoms with Gasteiger partial charge in [0.2, 0.25) is 0 Å². The molecule has 0 aromatic rings. The third-order valence-corrected chi connectivity index (χ3v) is 26.5. The van der Waals surface area contributed by atoms with Gasteiger partial charge in [-0.3, -0.25) is 0 Å². The van der Waals surface area contributed by atoms with Gasteiger partial charge in [0.15, 0.2) is 50.3 Å². The van der Waals surface area contributed by atoms with Gasteiger partial charge in [-0.1, -0.05) is 12.2 Å². The molecule has 24 unspecified atom stereocenters. The van der Waals surface area contributed by atoms with E-state index in [-0.39, 0.29) is 37.0 Å². The third kappa shape index (κ3) is 25.4. The number of aliphatic hydroxyl groups is 40. The van der Waals surface area contributed by atoms with Crippen LogP contribution in [0.2, 0.25) is 0 Å². The molecule has 0 radical (unpaired) electrons. The van der Waals surface area contributed by atoms with E-state index >= 15 is 0 Å². The van der Waals surface area contributed by atoms with Crippen molar-refractivity contribution in [3.05, 3.63) is 23.3 Å². The molecule has 784 valence electrons. The fourth-order valence-corrected chi connectivity index (χ4v) is 18.1. The highest BCUT2D eigenvalue weighted by atomic mass is 16.8. The summed E-state index contributed by atoms with van der Waals surface area (Å²) >= 11 is 0. The molecule has 8 aliphatic heterocycles. The molecular weight excluding hydrogens is 1830 g/mol. The molecule has 0 aromatic carbocycles. The number of aliphatic hydroxyl groups excluding tert-OH is 40. The minimum atomic E-state index is -1.92. The Bertz CT molecular complexity index is 3510. The average molecular weight is 1970 g/mol. The molecule has 0 aromatic heterocycles. The molecule has 57 nitrogen and oxygen atoms in total. The monoisotopic (exact) mass is 1970 g/mol. The van der Waals surface area contributed by atoms with Crippen LogP contribution in [0.4, 0.5) is 0 Å². The molecular formula is C77H137N3O54. The molecule has 0 spiro atoms. The highest BCUT2D eigenvalue weighted by Gasteiger charge is 2.59. The van der Waals surface area contributed by atoms with Gasteiger partial charge < -0.3 is 287 Å². The molecule has 10 fully saturated rings. The maximum absolute atomic E-state index is 11.0. The Kier molecular flexibility index (Phi) is 43.4. The predicted octanol–water partition coefficient (Wildman–Crippen LogP) is -25.4. The Morgan fingerprint density at radius 1 is 0.284 bits per heavy atom. The molecule has 8 saturated heterocycles. The van der Waals surface area contributed by atoms with Gasteiger partial charge in [0.1, 0.15) is 208 Å². The SMILES string of the molecule is CC1O[C@H](O[C@@H]2C(CO)O[C@H](O[C@@H]3C(CO)OC(O)C(O)[C@H]3O)C(O)[C@H]2O)C(O)[C@@H](O)[C@@H]1CC1C=C(CO)C(O)C(O)C1O.CC1O[C@H](O[C@@H]2C(CO)O[C@H](O[C@@H]3C(CO)OC(O)C(O)[C@H]3O)C(O)[C@H]2O)C(O)[C@@H](O)[C@@H]1N.N[C@H]1CC(CO)[C@@H](O[C@@H]2OC(CO)[C@H](O)C(O)[C@H]2O)[C@H](O)[C@@H]1O.OCC1=C[C@H](N[C@H]2CC(CO)[C@@H](O[C@@H]3OC(CO)[C@H](O)C(O)[C@H]3O)[C@H](O)[C@@H]2O)[C@H](O)[C@@H](O)[C@@H]1O. The summed E-state index contributed by atoms with van der Waals surface area (Å²) in [5.41, 5.74) is 11.5. The first-order chi connectivity index (χ1) is 63.1. The molecule has 0 amide bonds. The molecule has 2 saturated carbocycles. The smallest absolute Gasteiger partial charge is 0.187 e. The summed E-state index contributed by atoms with van der Waals surface area (Å²) in [6, 6.07) is -3.58. The molecule has 12 aliphatic rings. The van der Waals surface area contributed by atoms with Gasteiger partial charge in [0.25, 0.3) is 0 Å². The first-order valence-electron chi connectivity index (χ1n) is 43.5. The molecule has 4 aliphatic carbocycles. The van der Waals surface area contributed by atoms with Crippen molar-refractivity contribution < 1.29 is 271 Å². The van der Waals surface area contributed by atoms with Gasteiger partial charge in [-0.25, -0.2) is 0 Å². The highest BCUT2D eigenvalue weighted by molar-refractivity contribution is 5.23. The second kappa shape index (κ2) is 50.6. The number of rotatable bonds is 26. The van der Waals surface area contributed by atoms with Crippen LogP contribution in [0.3, 0.4) is 0 Å². The topological polar surface area (TPSA) is 1000 Å². The van der Waals surface area contributed by atoms with Gasteiger partial charge in [-0.05, 0) is 44.3 Å². The van der Waals surface area contributed by atoms with Gasteiger partial charge in [-0.15, -0.1) is 0 Å². The van der Waals surface area contributed by atoms with E-state index in [4.69, 9.17) is 82.9 Å². The van der Waals surface area contributed by atoms with Crippen molar-refractivity contribution in [1.29, 1.82) is 0 Å². The molecule has 12 rings (SSSR count). The van der Waals surface area contributed by atoms with Crippen LogP contribution in [0.15, 0.2) is 23.3 Å². The van der Waals surface area contributed by atoms with Gasteiger partial charge in [0, 0.05) is 49.0 Å². The van der Waals surface area contributed by atoms with Gasteiger partial charge >= 0.3 is 0 Å². The average Bonchev–Trinajstić information content (AvgIpc) is 0.775. The largest absolute Gasteiger partial charge is 0.396 e. The quantitative estimate of drug-likeness (QED) is 0.0358. The fourth-order valence-electron chi connectivity index (χ4n) is 18.1. The standard InChI is InChI=1S/C26H44O18.C20H35NO13.C18H33NO14.C13H25NO9/c1-7-10(3-8-2-9(4-27)14(31)16(33)13(8)30)15(32)20(37)25(40-7)43-23-12(6-29)42-26(21(38)18(23)35)44-22-11(5-28)41-24(39)19(36)17(22)34;22-3-6-1-8(12(26)15(29)11(6)25)21-9-2-7(4-23)19(17(31)13(9)27)34-20-18(32)16(30)14(28)10(5-24)33-20;1-4-7(19)8(22)12(26)17(29-4)32-15-6(3-21)31-18(13(27)10(15)24)33-14-5(2-20)30-16(28)11(25)9(14)23;14-5-1-4(2-15)12(10(20)7(5)17)23-13-11(21)9(19)8(18)6(3-16)22-13/h2,7-8,10-39H,3-6H2,1H3;1,7-32H,2-5H2;4-18,20-28H,2-3,19H2,1H3;4-13,15-21H,1-3,14H2/t7?,8?,10-,11?,12?,13?,14?,15+,16?,17-,18-,19?,20?,21?,22-,23-,24?,25-,26-;7?,8-,9-,10?,11+,12-,13+,14-,15-,16?,17+,18+,19+,20-;4?,5?,6?,7-,8+,9-,10-,11?,12?,13?,14-,15-,16?,17-,18-;4?,5-,6?,7+,8-,9?,10+,11+,12+,13-/m1010/s1. The summed E-state index contributed by atoms with van der Waals surface area (Å²) < 4.78 is 75.8. The lowest BCUT2D eigenvalue weighted by Crippen LogP contribution is -2.66. The van der Waals surface area contributed by atoms with Crippen molar-refractivity contribution in [2.45, 2.75) is 364 Å². The maximum Gasteiger partial charge on any atom is 0.187 e. The van der Waals surface area contributed by atoms with Crippen LogP contribution in [0.1, 0.15) is 33.1 Å². The van der Waals surface area contributed by atoms with E-state index < -0.39 is 414 Å². The normalized spacial score (nSPS) is 51.9. The molecule has 45 N–H and O–H groups in total. The van der Waals surface area contributed by atoms with E-state index in [0.717, 1.165) is 0 Å². The summed E-state index contributed by atoms with van der Waals surface area (Å²) in [5.74, 6) is -3.12. The van der Waals surface area contributed by atoms with Gasteiger partial charge in [-0.2, -0.15) is 0 Å². The van der Waals surface area contributed by atoms with Crippen LogP contribution in [0, 0.1) is 23.7 Å². The lowest BCUT2D eigenvalue weighted by molar-refractivity contribution is -0.375. The Labute approximate surface area is 762 Å². The number of nitrogens with one attached hydrogen (secondary N) is 1. The van der Waals surface area contributed by atoms with E-state index in [1.807, 2.05) is 0 Å². The Morgan fingerprint density at radius 3 is 0.993 bits per heavy atom. The van der Waals surface area contributed by atoms with Crippen molar-refractivity contribution in [3.63, 3.8) is 0 Å². The van der Waals surface area contributed by atoms with E-state index in [1.165, 1.54) is 26.0 Å². The van der Waals surface area contributed by atoms with E-state index in [9.17, 15) is 199 Å². The van der Waals surface area contributed by atoms with Crippen LogP contribution in [0.25, 0.3) is 0 Å². The summed E-state index contributed by atoms with van der Waals surface area (Å²) in [4.78, 5) is 0. The zero-order valence-electron chi connectivity index (χ0n) is 72.1. The predicted molar refractivity (Wildman–Crippen MR) is 424 cm³/mol. The van der Waals surface area contributed by atoms with Crippen molar-refractivity contribution in [2.24, 2.45) is 35.1 Å². The Morgan fingerprint density at radius 2 is 0.597 bits per heavy atom. The molecule has 8 heterocycles. The van der Waals surface area contributed by atoms with Crippen LogP contribution in [-0.4, -0.2) is 601 Å². The van der Waals surface area contributed by atoms with Gasteiger partial charge in [0.05, 0.1) is 114 Å². The first-order valence-corrected chi connectivity index (χ1v) is 43.5. The van der Waals surface area contributed by atoms with E-state index in [2.05, 4.69) is 5.32 Å². The molecule has 58 atom stereocenters.